The molecule has 45 heavy (non-hydrogen) atoms. The zero-order valence-corrected chi connectivity index (χ0v) is 25.1. The van der Waals surface area contributed by atoms with Crippen LogP contribution >= 0.6 is 0 Å². The predicted octanol–water partition coefficient (Wildman–Crippen LogP) is 3.71. The molecule has 2 amide bonds. The molecule has 1 aromatic heterocycles. The summed E-state index contributed by atoms with van der Waals surface area (Å²) in [5.74, 6) is -1.04. The SMILES string of the molecule is O=C(N[C@@H](CCc1ccccc1)C(=O)N[C@@H](Cc1ccccc1)C(=O)OCc1ccccc1)c1cc(CN2CCOCC2)on1. The number of aromatic nitrogens is 1. The third-order valence-electron chi connectivity index (χ3n) is 7.57. The average molecular weight is 611 g/mol. The number of nitrogens with one attached hydrogen (secondary N) is 2. The van der Waals surface area contributed by atoms with E-state index in [0.29, 0.717) is 38.4 Å². The molecule has 0 unspecified atom stereocenters. The van der Waals surface area contributed by atoms with Crippen molar-refractivity contribution in [2.45, 2.75) is 44.5 Å². The highest BCUT2D eigenvalue weighted by Crippen LogP contribution is 2.13. The van der Waals surface area contributed by atoms with Gasteiger partial charge >= 0.3 is 5.97 Å². The molecular weight excluding hydrogens is 572 g/mol. The van der Waals surface area contributed by atoms with Crippen molar-refractivity contribution in [1.29, 1.82) is 0 Å². The molecule has 3 aromatic carbocycles. The first-order chi connectivity index (χ1) is 22.0. The topological polar surface area (TPSA) is 123 Å². The first-order valence-corrected chi connectivity index (χ1v) is 15.2. The molecular formula is C35H38N4O6. The molecule has 1 saturated heterocycles. The van der Waals surface area contributed by atoms with Crippen molar-refractivity contribution in [1.82, 2.24) is 20.7 Å². The van der Waals surface area contributed by atoms with Crippen molar-refractivity contribution in [3.05, 3.63) is 125 Å². The van der Waals surface area contributed by atoms with Gasteiger partial charge in [0.2, 0.25) is 5.91 Å². The fraction of sp³-hybridized carbons (Fsp3) is 0.314. The van der Waals surface area contributed by atoms with Gasteiger partial charge in [-0.15, -0.1) is 0 Å². The van der Waals surface area contributed by atoms with Gasteiger partial charge in [0, 0.05) is 25.6 Å². The highest BCUT2D eigenvalue weighted by molar-refractivity contribution is 5.96. The van der Waals surface area contributed by atoms with Crippen LogP contribution in [0.5, 0.6) is 0 Å². The Kier molecular flexibility index (Phi) is 11.5. The third kappa shape index (κ3) is 9.85. The van der Waals surface area contributed by atoms with Crippen molar-refractivity contribution in [2.24, 2.45) is 0 Å². The Morgan fingerprint density at radius 3 is 2.09 bits per heavy atom. The quantitative estimate of drug-likeness (QED) is 0.207. The minimum Gasteiger partial charge on any atom is -0.459 e. The molecule has 1 fully saturated rings. The van der Waals surface area contributed by atoms with Gasteiger partial charge in [0.15, 0.2) is 11.5 Å². The maximum Gasteiger partial charge on any atom is 0.329 e. The molecule has 2 N–H and O–H groups in total. The Hall–Kier alpha value is -4.80. The fourth-order valence-corrected chi connectivity index (χ4v) is 5.08. The Bertz CT molecular complexity index is 1510. The van der Waals surface area contributed by atoms with Crippen LogP contribution in [0.2, 0.25) is 0 Å². The van der Waals surface area contributed by atoms with E-state index in [4.69, 9.17) is 14.0 Å². The molecule has 0 aliphatic carbocycles. The maximum absolute atomic E-state index is 13.8. The second-order valence-electron chi connectivity index (χ2n) is 11.0. The highest BCUT2D eigenvalue weighted by atomic mass is 16.5. The van der Waals surface area contributed by atoms with Crippen molar-refractivity contribution >= 4 is 17.8 Å². The summed E-state index contributed by atoms with van der Waals surface area (Å²) in [5.41, 5.74) is 2.80. The number of carbonyl (C=O) groups excluding carboxylic acids is 3. The van der Waals surface area contributed by atoms with Gasteiger partial charge < -0.3 is 24.6 Å². The summed E-state index contributed by atoms with van der Waals surface area (Å²) in [4.78, 5) is 42.6. The van der Waals surface area contributed by atoms with E-state index in [2.05, 4.69) is 20.7 Å². The van der Waals surface area contributed by atoms with Crippen LogP contribution in [-0.4, -0.2) is 66.2 Å². The van der Waals surface area contributed by atoms with E-state index in [-0.39, 0.29) is 18.7 Å². The largest absolute Gasteiger partial charge is 0.459 e. The summed E-state index contributed by atoms with van der Waals surface area (Å²) in [6.45, 7) is 3.40. The van der Waals surface area contributed by atoms with Crippen molar-refractivity contribution in [3.63, 3.8) is 0 Å². The minimum atomic E-state index is -0.966. The van der Waals surface area contributed by atoms with Crippen molar-refractivity contribution in [3.8, 4) is 0 Å². The molecule has 0 bridgehead atoms. The number of hydrogen-bond donors (Lipinski definition) is 2. The van der Waals surface area contributed by atoms with Crippen LogP contribution in [-0.2, 0) is 45.1 Å². The lowest BCUT2D eigenvalue weighted by Crippen LogP contribution is -2.52. The zero-order chi connectivity index (χ0) is 31.3. The van der Waals surface area contributed by atoms with E-state index < -0.39 is 29.9 Å². The number of hydrogen-bond acceptors (Lipinski definition) is 8. The normalized spacial score (nSPS) is 14.7. The summed E-state index contributed by atoms with van der Waals surface area (Å²) in [6.07, 6.45) is 1.06. The van der Waals surface area contributed by atoms with Crippen LogP contribution in [0.4, 0.5) is 0 Å². The van der Waals surface area contributed by atoms with Crippen molar-refractivity contribution in [2.75, 3.05) is 26.3 Å². The van der Waals surface area contributed by atoms with E-state index in [1.54, 1.807) is 6.07 Å². The van der Waals surface area contributed by atoms with Gasteiger partial charge in [-0.25, -0.2) is 4.79 Å². The van der Waals surface area contributed by atoms with Crippen LogP contribution in [0, 0.1) is 0 Å². The number of amides is 2. The van der Waals surface area contributed by atoms with Crippen LogP contribution in [0.15, 0.2) is 102 Å². The fourth-order valence-electron chi connectivity index (χ4n) is 5.08. The van der Waals surface area contributed by atoms with Crippen LogP contribution < -0.4 is 10.6 Å². The molecule has 0 radical (unpaired) electrons. The Labute approximate surface area is 262 Å². The first kappa shape index (κ1) is 31.6. The Balaban J connectivity index is 1.28. The lowest BCUT2D eigenvalue weighted by atomic mass is 10.0. The molecule has 4 aromatic rings. The van der Waals surface area contributed by atoms with Gasteiger partial charge in [-0.05, 0) is 29.5 Å². The summed E-state index contributed by atoms with van der Waals surface area (Å²) in [6, 6.07) is 28.1. The Morgan fingerprint density at radius 1 is 0.800 bits per heavy atom. The van der Waals surface area contributed by atoms with E-state index in [1.165, 1.54) is 0 Å². The summed E-state index contributed by atoms with van der Waals surface area (Å²) in [5, 5.41) is 9.65. The number of carbonyl (C=O) groups is 3. The number of morpholine rings is 1. The number of ether oxygens (including phenoxy) is 2. The average Bonchev–Trinajstić information content (AvgIpc) is 3.55. The van der Waals surface area contributed by atoms with Crippen LogP contribution in [0.3, 0.4) is 0 Å². The number of benzene rings is 3. The van der Waals surface area contributed by atoms with E-state index in [0.717, 1.165) is 29.8 Å². The second-order valence-corrected chi connectivity index (χ2v) is 11.0. The first-order valence-electron chi connectivity index (χ1n) is 15.2. The number of rotatable bonds is 14. The van der Waals surface area contributed by atoms with E-state index in [9.17, 15) is 14.4 Å². The second kappa shape index (κ2) is 16.3. The van der Waals surface area contributed by atoms with Gasteiger partial charge in [0.25, 0.3) is 5.91 Å². The Morgan fingerprint density at radius 2 is 1.42 bits per heavy atom. The number of aryl methyl sites for hydroxylation is 1. The third-order valence-corrected chi connectivity index (χ3v) is 7.57. The molecule has 2 heterocycles. The van der Waals surface area contributed by atoms with E-state index in [1.807, 2.05) is 91.0 Å². The van der Waals surface area contributed by atoms with E-state index >= 15 is 0 Å². The summed E-state index contributed by atoms with van der Waals surface area (Å²) < 4.78 is 16.4. The van der Waals surface area contributed by atoms with Gasteiger partial charge in [-0.1, -0.05) is 96.2 Å². The number of esters is 1. The summed E-state index contributed by atoms with van der Waals surface area (Å²) in [7, 11) is 0. The minimum absolute atomic E-state index is 0.0773. The summed E-state index contributed by atoms with van der Waals surface area (Å²) >= 11 is 0. The van der Waals surface area contributed by atoms with Gasteiger partial charge in [-0.3, -0.25) is 14.5 Å². The predicted molar refractivity (Wildman–Crippen MR) is 167 cm³/mol. The molecule has 10 nitrogen and oxygen atoms in total. The smallest absolute Gasteiger partial charge is 0.329 e. The van der Waals surface area contributed by atoms with Gasteiger partial charge in [0.1, 0.15) is 18.7 Å². The monoisotopic (exact) mass is 610 g/mol. The molecule has 234 valence electrons. The molecule has 5 rings (SSSR count). The zero-order valence-electron chi connectivity index (χ0n) is 25.1. The molecule has 10 heteroatoms. The highest BCUT2D eigenvalue weighted by Gasteiger charge is 2.29. The van der Waals surface area contributed by atoms with Crippen LogP contribution in [0.1, 0.15) is 39.4 Å². The van der Waals surface area contributed by atoms with Crippen molar-refractivity contribution < 1.29 is 28.4 Å². The van der Waals surface area contributed by atoms with Gasteiger partial charge in [-0.2, -0.15) is 0 Å². The molecule has 1 aliphatic heterocycles. The lowest BCUT2D eigenvalue weighted by Gasteiger charge is -2.25. The standard InChI is InChI=1S/C35H38N4O6/c40-33(37-32(22-27-12-6-2-7-13-27)35(42)44-25-28-14-8-3-9-15-28)30(17-16-26-10-4-1-5-11-26)36-34(41)31-23-29(45-38-31)24-39-18-20-43-21-19-39/h1-15,23,30,32H,16-22,24-25H2,(H,36,41)(H,37,40)/t30-,32-/m0/s1. The molecule has 2 atom stereocenters. The maximum atomic E-state index is 13.8. The molecule has 1 aliphatic rings. The van der Waals surface area contributed by atoms with Crippen LogP contribution in [0.25, 0.3) is 0 Å². The molecule has 0 saturated carbocycles. The lowest BCUT2D eigenvalue weighted by molar-refractivity contribution is -0.149. The van der Waals surface area contributed by atoms with Gasteiger partial charge in [0.05, 0.1) is 19.8 Å². The number of nitrogens with zero attached hydrogens (tertiary/aromatic N) is 2. The molecule has 0 spiro atoms.